The van der Waals surface area contributed by atoms with E-state index in [0.29, 0.717) is 21.6 Å². The highest BCUT2D eigenvalue weighted by molar-refractivity contribution is 6.31. The zero-order chi connectivity index (χ0) is 11.7. The fourth-order valence-corrected chi connectivity index (χ4v) is 1.86. The zero-order valence-electron chi connectivity index (χ0n) is 8.21. The predicted molar refractivity (Wildman–Crippen MR) is 56.9 cm³/mol. The van der Waals surface area contributed by atoms with Crippen LogP contribution in [0.1, 0.15) is 11.3 Å². The lowest BCUT2D eigenvalue weighted by atomic mass is 10.1. The van der Waals surface area contributed by atoms with E-state index in [2.05, 4.69) is 0 Å². The van der Waals surface area contributed by atoms with Crippen molar-refractivity contribution in [1.82, 2.24) is 0 Å². The molecule has 16 heavy (non-hydrogen) atoms. The molecule has 0 unspecified atom stereocenters. The number of furan rings is 1. The maximum Gasteiger partial charge on any atom is 0.245 e. The van der Waals surface area contributed by atoms with E-state index < -0.39 is 12.8 Å². The third-order valence-corrected chi connectivity index (χ3v) is 2.45. The summed E-state index contributed by atoms with van der Waals surface area (Å²) in [4.78, 5) is 0. The van der Waals surface area contributed by atoms with Gasteiger partial charge in [0.05, 0.1) is 13.0 Å². The molecule has 2 aromatic rings. The summed E-state index contributed by atoms with van der Waals surface area (Å²) in [7, 11) is 0. The van der Waals surface area contributed by atoms with Gasteiger partial charge >= 0.3 is 0 Å². The molecule has 0 fully saturated rings. The molecule has 0 aliphatic heterocycles. The molecule has 2 nitrogen and oxygen atoms in total. The number of rotatable bonds is 3. The Hall–Kier alpha value is -1.13. The molecule has 1 heterocycles. The molecule has 86 valence electrons. The van der Waals surface area contributed by atoms with Crippen molar-refractivity contribution in [2.24, 2.45) is 0 Å². The largest absolute Gasteiger partial charge is 0.460 e. The molecule has 0 spiro atoms. The van der Waals surface area contributed by atoms with Crippen LogP contribution in [0.2, 0.25) is 5.02 Å². The summed E-state index contributed by atoms with van der Waals surface area (Å²) in [6.45, 7) is -0.237. The number of fused-ring (bicyclic) bond motifs is 1. The van der Waals surface area contributed by atoms with Gasteiger partial charge in [-0.2, -0.15) is 0 Å². The Morgan fingerprint density at radius 2 is 2.06 bits per heavy atom. The minimum absolute atomic E-state index is 0.196. The molecule has 0 saturated heterocycles. The predicted octanol–water partition coefficient (Wildman–Crippen LogP) is 3.39. The van der Waals surface area contributed by atoms with Gasteiger partial charge in [0.2, 0.25) is 6.43 Å². The van der Waals surface area contributed by atoms with Gasteiger partial charge in [-0.25, -0.2) is 8.78 Å². The van der Waals surface area contributed by atoms with Crippen molar-refractivity contribution in [2.45, 2.75) is 19.5 Å². The molecular weight excluding hydrogens is 238 g/mol. The lowest BCUT2D eigenvalue weighted by Crippen LogP contribution is -1.93. The van der Waals surface area contributed by atoms with E-state index >= 15 is 0 Å². The summed E-state index contributed by atoms with van der Waals surface area (Å²) >= 11 is 5.82. The number of aliphatic hydroxyl groups is 1. The third kappa shape index (κ3) is 2.18. The van der Waals surface area contributed by atoms with E-state index in [1.165, 1.54) is 6.07 Å². The van der Waals surface area contributed by atoms with Gasteiger partial charge in [-0.1, -0.05) is 11.6 Å². The summed E-state index contributed by atoms with van der Waals surface area (Å²) in [6, 6.07) is 4.70. The molecule has 0 bridgehead atoms. The van der Waals surface area contributed by atoms with Crippen LogP contribution in [0.4, 0.5) is 8.78 Å². The van der Waals surface area contributed by atoms with Crippen molar-refractivity contribution in [3.8, 4) is 0 Å². The van der Waals surface area contributed by atoms with Gasteiger partial charge in [-0.15, -0.1) is 0 Å². The summed E-state index contributed by atoms with van der Waals surface area (Å²) in [5, 5.41) is 10.2. The van der Waals surface area contributed by atoms with Crippen molar-refractivity contribution < 1.29 is 18.3 Å². The number of alkyl halides is 2. The van der Waals surface area contributed by atoms with Crippen LogP contribution in [-0.2, 0) is 13.0 Å². The Bertz CT molecular complexity index is 508. The topological polar surface area (TPSA) is 33.4 Å². The van der Waals surface area contributed by atoms with Crippen LogP contribution >= 0.6 is 11.6 Å². The Morgan fingerprint density at radius 1 is 1.31 bits per heavy atom. The molecule has 0 aliphatic carbocycles. The second-order valence-corrected chi connectivity index (χ2v) is 3.89. The number of aliphatic hydroxyl groups excluding tert-OH is 1. The van der Waals surface area contributed by atoms with Crippen LogP contribution in [0.5, 0.6) is 0 Å². The first-order chi connectivity index (χ1) is 7.60. The van der Waals surface area contributed by atoms with E-state index in [0.717, 1.165) is 0 Å². The first-order valence-electron chi connectivity index (χ1n) is 4.70. The van der Waals surface area contributed by atoms with E-state index in [1.54, 1.807) is 12.1 Å². The fraction of sp³-hybridized carbons (Fsp3) is 0.273. The van der Waals surface area contributed by atoms with Crippen molar-refractivity contribution in [2.75, 3.05) is 0 Å². The van der Waals surface area contributed by atoms with Gasteiger partial charge in [0.15, 0.2) is 0 Å². The van der Waals surface area contributed by atoms with Gasteiger partial charge in [-0.3, -0.25) is 0 Å². The molecule has 1 N–H and O–H groups in total. The summed E-state index contributed by atoms with van der Waals surface area (Å²) in [6.07, 6.45) is -2.88. The standard InChI is InChI=1S/C11H9ClF2O2/c12-8-1-6-3-9(4-10(13)14)16-11(6)7(2-8)5-15/h1-3,10,15H,4-5H2. The molecule has 0 saturated carbocycles. The van der Waals surface area contributed by atoms with Crippen molar-refractivity contribution in [3.63, 3.8) is 0 Å². The number of halogens is 3. The lowest BCUT2D eigenvalue weighted by Gasteiger charge is -1.98. The average molecular weight is 247 g/mol. The maximum atomic E-state index is 12.2. The first kappa shape index (κ1) is 11.4. The van der Waals surface area contributed by atoms with Crippen LogP contribution in [-0.4, -0.2) is 11.5 Å². The van der Waals surface area contributed by atoms with Gasteiger partial charge < -0.3 is 9.52 Å². The lowest BCUT2D eigenvalue weighted by molar-refractivity contribution is 0.142. The van der Waals surface area contributed by atoms with Gasteiger partial charge in [0.1, 0.15) is 11.3 Å². The minimum atomic E-state index is -2.45. The molecular formula is C11H9ClF2O2. The highest BCUT2D eigenvalue weighted by Gasteiger charge is 2.13. The van der Waals surface area contributed by atoms with E-state index in [-0.39, 0.29) is 12.4 Å². The number of benzene rings is 1. The molecule has 1 aromatic carbocycles. The van der Waals surface area contributed by atoms with E-state index in [4.69, 9.17) is 21.1 Å². The summed E-state index contributed by atoms with van der Waals surface area (Å²) in [5.41, 5.74) is 0.922. The monoisotopic (exact) mass is 246 g/mol. The quantitative estimate of drug-likeness (QED) is 0.901. The molecule has 2 rings (SSSR count). The summed E-state index contributed by atoms with van der Waals surface area (Å²) in [5.74, 6) is 0.196. The van der Waals surface area contributed by atoms with Gasteiger partial charge in [0, 0.05) is 16.0 Å². The first-order valence-corrected chi connectivity index (χ1v) is 5.08. The SMILES string of the molecule is OCc1cc(Cl)cc2cc(CC(F)F)oc12. The highest BCUT2D eigenvalue weighted by atomic mass is 35.5. The smallest absolute Gasteiger partial charge is 0.245 e. The zero-order valence-corrected chi connectivity index (χ0v) is 8.97. The van der Waals surface area contributed by atoms with Crippen LogP contribution in [0, 0.1) is 0 Å². The minimum Gasteiger partial charge on any atom is -0.460 e. The fourth-order valence-electron chi connectivity index (χ4n) is 1.61. The van der Waals surface area contributed by atoms with Crippen molar-refractivity contribution in [3.05, 3.63) is 34.5 Å². The number of hydrogen-bond donors (Lipinski definition) is 1. The molecule has 0 radical (unpaired) electrons. The second kappa shape index (κ2) is 4.39. The Balaban J connectivity index is 2.51. The van der Waals surface area contributed by atoms with E-state index in [9.17, 15) is 8.78 Å². The van der Waals surface area contributed by atoms with Crippen molar-refractivity contribution >= 4 is 22.6 Å². The van der Waals surface area contributed by atoms with Crippen LogP contribution < -0.4 is 0 Å². The molecule has 0 amide bonds. The average Bonchev–Trinajstić information content (AvgIpc) is 2.57. The van der Waals surface area contributed by atoms with Crippen LogP contribution in [0.25, 0.3) is 11.0 Å². The Labute approximate surface area is 95.4 Å². The van der Waals surface area contributed by atoms with Gasteiger partial charge in [-0.05, 0) is 18.2 Å². The van der Waals surface area contributed by atoms with Crippen LogP contribution in [0.15, 0.2) is 22.6 Å². The molecule has 0 aliphatic rings. The molecule has 1 aromatic heterocycles. The molecule has 5 heteroatoms. The Morgan fingerprint density at radius 3 is 2.69 bits per heavy atom. The summed E-state index contributed by atoms with van der Waals surface area (Å²) < 4.78 is 29.6. The number of hydrogen-bond acceptors (Lipinski definition) is 2. The molecule has 0 atom stereocenters. The Kier molecular flexibility index (Phi) is 3.12. The van der Waals surface area contributed by atoms with Crippen molar-refractivity contribution in [1.29, 1.82) is 0 Å². The normalized spacial score (nSPS) is 11.6. The second-order valence-electron chi connectivity index (χ2n) is 3.45. The van der Waals surface area contributed by atoms with E-state index in [1.807, 2.05) is 0 Å². The third-order valence-electron chi connectivity index (χ3n) is 2.23. The highest BCUT2D eigenvalue weighted by Crippen LogP contribution is 2.28. The van der Waals surface area contributed by atoms with Gasteiger partial charge in [0.25, 0.3) is 0 Å². The van der Waals surface area contributed by atoms with Crippen LogP contribution in [0.3, 0.4) is 0 Å². The maximum absolute atomic E-state index is 12.2.